The molecule has 1 atom stereocenters. The number of carbonyl (C=O) groups is 1. The van der Waals surface area contributed by atoms with Crippen LogP contribution in [0.5, 0.6) is 0 Å². The third-order valence-electron chi connectivity index (χ3n) is 6.31. The number of aromatic nitrogens is 3. The Morgan fingerprint density at radius 3 is 2.87 bits per heavy atom. The summed E-state index contributed by atoms with van der Waals surface area (Å²) in [6.45, 7) is 5.65. The monoisotopic (exact) mass is 409 g/mol. The Morgan fingerprint density at radius 2 is 2.03 bits per heavy atom. The van der Waals surface area contributed by atoms with Crippen LogP contribution in [0.25, 0.3) is 21.8 Å². The summed E-state index contributed by atoms with van der Waals surface area (Å²) in [5, 5.41) is 9.13. The Hall–Kier alpha value is -2.67. The number of hydrogen-bond donors (Lipinski definition) is 1. The van der Waals surface area contributed by atoms with Crippen LogP contribution in [-0.2, 0) is 18.4 Å². The van der Waals surface area contributed by atoms with E-state index in [0.29, 0.717) is 37.5 Å². The fraction of sp³-hybridized carbons (Fsp3) is 0.522. The summed E-state index contributed by atoms with van der Waals surface area (Å²) < 4.78 is 3.41. The smallest absolute Gasteiger partial charge is 0.291 e. The van der Waals surface area contributed by atoms with Gasteiger partial charge in [0.05, 0.1) is 6.20 Å². The molecule has 160 valence electrons. The standard InChI is InChI=1S/C23H31N5O2/c1-17-8-5-6-13-27(17)15-12-24-21(29)11-7-14-28-20-10-4-3-9-18(20)19-16-25-26(2)23(30)22(19)28/h3-4,9-10,16-17H,5-8,11-15H2,1-2H3,(H,24,29). The second-order valence-corrected chi connectivity index (χ2v) is 8.34. The number of likely N-dealkylation sites (tertiary alicyclic amines) is 1. The zero-order valence-corrected chi connectivity index (χ0v) is 17.9. The minimum atomic E-state index is -0.108. The second kappa shape index (κ2) is 9.00. The van der Waals surface area contributed by atoms with E-state index in [0.717, 1.165) is 29.4 Å². The molecule has 7 nitrogen and oxygen atoms in total. The molecule has 1 unspecified atom stereocenters. The van der Waals surface area contributed by atoms with Gasteiger partial charge in [0.15, 0.2) is 0 Å². The minimum Gasteiger partial charge on any atom is -0.355 e. The lowest BCUT2D eigenvalue weighted by molar-refractivity contribution is -0.121. The van der Waals surface area contributed by atoms with E-state index in [1.165, 1.54) is 23.9 Å². The third kappa shape index (κ3) is 4.12. The number of amides is 1. The summed E-state index contributed by atoms with van der Waals surface area (Å²) in [4.78, 5) is 27.5. The molecular formula is C23H31N5O2. The van der Waals surface area contributed by atoms with E-state index in [1.54, 1.807) is 13.2 Å². The number of nitrogens with one attached hydrogen (secondary N) is 1. The van der Waals surface area contributed by atoms with Crippen molar-refractivity contribution in [3.63, 3.8) is 0 Å². The average molecular weight is 410 g/mol. The molecule has 0 aliphatic carbocycles. The maximum atomic E-state index is 12.7. The molecule has 1 aliphatic heterocycles. The summed E-state index contributed by atoms with van der Waals surface area (Å²) in [6, 6.07) is 8.60. The Labute approximate surface area is 176 Å². The number of carbonyl (C=O) groups excluding carboxylic acids is 1. The van der Waals surface area contributed by atoms with Gasteiger partial charge >= 0.3 is 0 Å². The van der Waals surface area contributed by atoms with Gasteiger partial charge in [0.1, 0.15) is 5.52 Å². The fourth-order valence-electron chi connectivity index (χ4n) is 4.59. The van der Waals surface area contributed by atoms with Crippen molar-refractivity contribution in [2.75, 3.05) is 19.6 Å². The number of piperidine rings is 1. The van der Waals surface area contributed by atoms with Gasteiger partial charge in [0, 0.05) is 55.4 Å². The van der Waals surface area contributed by atoms with Crippen LogP contribution in [0.2, 0.25) is 0 Å². The summed E-state index contributed by atoms with van der Waals surface area (Å²) >= 11 is 0. The first kappa shape index (κ1) is 20.6. The van der Waals surface area contributed by atoms with E-state index in [1.807, 2.05) is 28.8 Å². The van der Waals surface area contributed by atoms with Gasteiger partial charge in [0.2, 0.25) is 5.91 Å². The highest BCUT2D eigenvalue weighted by Crippen LogP contribution is 2.26. The molecule has 1 amide bonds. The minimum absolute atomic E-state index is 0.0787. The topological polar surface area (TPSA) is 72.2 Å². The zero-order chi connectivity index (χ0) is 21.1. The zero-order valence-electron chi connectivity index (χ0n) is 17.9. The third-order valence-corrected chi connectivity index (χ3v) is 6.31. The van der Waals surface area contributed by atoms with Crippen LogP contribution in [0.15, 0.2) is 35.3 Å². The Bertz CT molecular complexity index is 1100. The average Bonchev–Trinajstić information content (AvgIpc) is 3.07. The van der Waals surface area contributed by atoms with Crippen molar-refractivity contribution in [1.82, 2.24) is 24.6 Å². The van der Waals surface area contributed by atoms with Crippen molar-refractivity contribution in [2.45, 2.75) is 51.6 Å². The number of benzene rings is 1. The maximum Gasteiger partial charge on any atom is 0.291 e. The van der Waals surface area contributed by atoms with Gasteiger partial charge < -0.3 is 9.88 Å². The molecule has 0 spiro atoms. The van der Waals surface area contributed by atoms with Gasteiger partial charge in [-0.3, -0.25) is 14.5 Å². The van der Waals surface area contributed by atoms with Crippen molar-refractivity contribution < 1.29 is 4.79 Å². The fourth-order valence-corrected chi connectivity index (χ4v) is 4.59. The molecule has 0 saturated carbocycles. The Balaban J connectivity index is 1.38. The number of fused-ring (bicyclic) bond motifs is 3. The molecule has 2 aromatic heterocycles. The molecule has 0 bridgehead atoms. The van der Waals surface area contributed by atoms with E-state index in [2.05, 4.69) is 22.2 Å². The first-order valence-corrected chi connectivity index (χ1v) is 11.0. The Morgan fingerprint density at radius 1 is 1.20 bits per heavy atom. The summed E-state index contributed by atoms with van der Waals surface area (Å²) in [7, 11) is 1.67. The van der Waals surface area contributed by atoms with Crippen LogP contribution in [-0.4, -0.2) is 50.8 Å². The maximum absolute atomic E-state index is 12.7. The van der Waals surface area contributed by atoms with Gasteiger partial charge in [-0.1, -0.05) is 24.6 Å². The van der Waals surface area contributed by atoms with Crippen LogP contribution in [0.1, 0.15) is 39.0 Å². The van der Waals surface area contributed by atoms with Crippen LogP contribution in [0.3, 0.4) is 0 Å². The summed E-state index contributed by atoms with van der Waals surface area (Å²) in [5.41, 5.74) is 1.56. The number of para-hydroxylation sites is 1. The van der Waals surface area contributed by atoms with E-state index < -0.39 is 0 Å². The van der Waals surface area contributed by atoms with Crippen molar-refractivity contribution in [2.24, 2.45) is 7.05 Å². The van der Waals surface area contributed by atoms with Crippen LogP contribution in [0.4, 0.5) is 0 Å². The SMILES string of the molecule is CC1CCCCN1CCNC(=O)CCCn1c2ccccc2c2cnn(C)c(=O)c21. The lowest BCUT2D eigenvalue weighted by Gasteiger charge is -2.33. The van der Waals surface area contributed by atoms with E-state index in [4.69, 9.17) is 0 Å². The molecule has 1 aliphatic rings. The van der Waals surface area contributed by atoms with Crippen LogP contribution in [0, 0.1) is 0 Å². The number of hydrogen-bond acceptors (Lipinski definition) is 4. The van der Waals surface area contributed by atoms with E-state index in [-0.39, 0.29) is 11.5 Å². The Kier molecular flexibility index (Phi) is 6.18. The van der Waals surface area contributed by atoms with Gasteiger partial charge in [-0.05, 0) is 38.8 Å². The predicted octanol–water partition coefficient (Wildman–Crippen LogP) is 2.66. The molecule has 1 fully saturated rings. The lowest BCUT2D eigenvalue weighted by atomic mass is 10.0. The molecule has 4 rings (SSSR count). The van der Waals surface area contributed by atoms with Gasteiger partial charge in [-0.2, -0.15) is 5.10 Å². The van der Waals surface area contributed by atoms with E-state index in [9.17, 15) is 9.59 Å². The van der Waals surface area contributed by atoms with Crippen LogP contribution >= 0.6 is 0 Å². The summed E-state index contributed by atoms with van der Waals surface area (Å²) in [5.74, 6) is 0.0787. The first-order chi connectivity index (χ1) is 14.6. The molecule has 3 heterocycles. The van der Waals surface area contributed by atoms with Gasteiger partial charge in [-0.15, -0.1) is 0 Å². The second-order valence-electron chi connectivity index (χ2n) is 8.34. The highest BCUT2D eigenvalue weighted by Gasteiger charge is 2.18. The molecule has 30 heavy (non-hydrogen) atoms. The molecule has 3 aromatic rings. The highest BCUT2D eigenvalue weighted by molar-refractivity contribution is 6.07. The molecule has 7 heteroatoms. The summed E-state index contributed by atoms with van der Waals surface area (Å²) in [6.07, 6.45) is 6.71. The predicted molar refractivity (Wildman–Crippen MR) is 120 cm³/mol. The van der Waals surface area contributed by atoms with E-state index >= 15 is 0 Å². The number of rotatable bonds is 7. The quantitative estimate of drug-likeness (QED) is 0.651. The molecular weight excluding hydrogens is 378 g/mol. The van der Waals surface area contributed by atoms with Gasteiger partial charge in [0.25, 0.3) is 5.56 Å². The molecule has 0 radical (unpaired) electrons. The molecule has 1 aromatic carbocycles. The van der Waals surface area contributed by atoms with Crippen LogP contribution < -0.4 is 10.9 Å². The first-order valence-electron chi connectivity index (χ1n) is 11.0. The van der Waals surface area contributed by atoms with Gasteiger partial charge in [-0.25, -0.2) is 4.68 Å². The van der Waals surface area contributed by atoms with Crippen molar-refractivity contribution >= 4 is 27.7 Å². The van der Waals surface area contributed by atoms with Crippen molar-refractivity contribution in [3.05, 3.63) is 40.8 Å². The number of aryl methyl sites for hydroxylation is 2. The normalized spacial score (nSPS) is 17.6. The van der Waals surface area contributed by atoms with Crippen molar-refractivity contribution in [3.8, 4) is 0 Å². The lowest BCUT2D eigenvalue weighted by Crippen LogP contribution is -2.42. The molecule has 1 N–H and O–H groups in total. The largest absolute Gasteiger partial charge is 0.355 e. The van der Waals surface area contributed by atoms with Crippen molar-refractivity contribution in [1.29, 1.82) is 0 Å². The highest BCUT2D eigenvalue weighted by atomic mass is 16.1. The number of nitrogens with zero attached hydrogens (tertiary/aromatic N) is 4. The molecule has 1 saturated heterocycles.